The number of hydrogen-bond donors (Lipinski definition) is 1. The maximum absolute atomic E-state index is 5.81. The molecular weight excluding hydrogens is 248 g/mol. The highest BCUT2D eigenvalue weighted by molar-refractivity contribution is 4.96. The van der Waals surface area contributed by atoms with Crippen molar-refractivity contribution >= 4 is 0 Å². The summed E-state index contributed by atoms with van der Waals surface area (Å²) in [5.74, 6) is 0.741. The summed E-state index contributed by atoms with van der Waals surface area (Å²) in [5.41, 5.74) is 0.323. The number of rotatable bonds is 9. The number of hydrogen-bond acceptors (Lipinski definition) is 3. The van der Waals surface area contributed by atoms with E-state index in [1.165, 1.54) is 32.2 Å². The van der Waals surface area contributed by atoms with Gasteiger partial charge < -0.3 is 10.1 Å². The van der Waals surface area contributed by atoms with Crippen molar-refractivity contribution in [3.8, 4) is 0 Å². The normalized spacial score (nSPS) is 23.4. The smallest absolute Gasteiger partial charge is 0.0593 e. The van der Waals surface area contributed by atoms with Crippen LogP contribution in [0.5, 0.6) is 0 Å². The Morgan fingerprint density at radius 3 is 2.45 bits per heavy atom. The van der Waals surface area contributed by atoms with E-state index in [0.29, 0.717) is 11.6 Å². The van der Waals surface area contributed by atoms with Crippen LogP contribution in [0.3, 0.4) is 0 Å². The van der Waals surface area contributed by atoms with Crippen LogP contribution in [0, 0.1) is 5.92 Å². The lowest BCUT2D eigenvalue weighted by Gasteiger charge is -2.47. The van der Waals surface area contributed by atoms with Gasteiger partial charge in [0.15, 0.2) is 0 Å². The minimum absolute atomic E-state index is 0.323. The second kappa shape index (κ2) is 9.01. The van der Waals surface area contributed by atoms with Crippen molar-refractivity contribution in [1.82, 2.24) is 10.2 Å². The molecule has 1 aliphatic rings. The average Bonchev–Trinajstić information content (AvgIpc) is 2.46. The third kappa shape index (κ3) is 5.34. The van der Waals surface area contributed by atoms with E-state index in [1.54, 1.807) is 0 Å². The van der Waals surface area contributed by atoms with Gasteiger partial charge in [0.1, 0.15) is 0 Å². The first kappa shape index (κ1) is 17.9. The molecule has 0 spiro atoms. The van der Waals surface area contributed by atoms with Gasteiger partial charge in [-0.25, -0.2) is 0 Å². The van der Waals surface area contributed by atoms with Crippen molar-refractivity contribution in [3.63, 3.8) is 0 Å². The van der Waals surface area contributed by atoms with Gasteiger partial charge in [0.25, 0.3) is 0 Å². The van der Waals surface area contributed by atoms with Crippen LogP contribution in [0.15, 0.2) is 0 Å². The highest BCUT2D eigenvalue weighted by atomic mass is 16.5. The van der Waals surface area contributed by atoms with Crippen LogP contribution in [0.25, 0.3) is 0 Å². The highest BCUT2D eigenvalue weighted by Gasteiger charge is 2.35. The molecule has 0 amide bonds. The van der Waals surface area contributed by atoms with Crippen molar-refractivity contribution in [2.75, 3.05) is 32.8 Å². The lowest BCUT2D eigenvalue weighted by molar-refractivity contribution is 0.0339. The molecule has 0 aliphatic carbocycles. The van der Waals surface area contributed by atoms with E-state index in [-0.39, 0.29) is 0 Å². The summed E-state index contributed by atoms with van der Waals surface area (Å²) in [5, 5.41) is 3.80. The number of nitrogens with zero attached hydrogens (tertiary/aromatic N) is 1. The van der Waals surface area contributed by atoms with Crippen LogP contribution in [0.2, 0.25) is 0 Å². The Labute approximate surface area is 126 Å². The first-order valence-electron chi connectivity index (χ1n) is 8.63. The minimum Gasteiger partial charge on any atom is -0.380 e. The lowest BCUT2D eigenvalue weighted by Crippen LogP contribution is -2.64. The van der Waals surface area contributed by atoms with Crippen LogP contribution in [0.1, 0.15) is 60.3 Å². The molecule has 3 nitrogen and oxygen atoms in total. The first-order valence-corrected chi connectivity index (χ1v) is 8.63. The highest BCUT2D eigenvalue weighted by Crippen LogP contribution is 2.23. The minimum atomic E-state index is 0.323. The van der Waals surface area contributed by atoms with Crippen molar-refractivity contribution in [1.29, 1.82) is 0 Å². The Balaban J connectivity index is 2.38. The zero-order valence-electron chi connectivity index (χ0n) is 14.4. The Morgan fingerprint density at radius 1 is 1.20 bits per heavy atom. The Kier molecular flexibility index (Phi) is 8.08. The molecule has 1 aliphatic heterocycles. The fourth-order valence-electron chi connectivity index (χ4n) is 3.03. The first-order chi connectivity index (χ1) is 9.56. The Morgan fingerprint density at radius 2 is 1.90 bits per heavy atom. The van der Waals surface area contributed by atoms with Crippen LogP contribution in [-0.4, -0.2) is 49.3 Å². The molecule has 1 unspecified atom stereocenters. The van der Waals surface area contributed by atoms with E-state index in [1.807, 2.05) is 0 Å². The van der Waals surface area contributed by atoms with Crippen LogP contribution in [0.4, 0.5) is 0 Å². The van der Waals surface area contributed by atoms with Gasteiger partial charge in [-0.15, -0.1) is 0 Å². The van der Waals surface area contributed by atoms with E-state index < -0.39 is 0 Å². The molecule has 0 aromatic rings. The van der Waals surface area contributed by atoms with Gasteiger partial charge in [-0.3, -0.25) is 4.90 Å². The van der Waals surface area contributed by atoms with Gasteiger partial charge in [0.2, 0.25) is 0 Å². The zero-order chi connectivity index (χ0) is 15.0. The van der Waals surface area contributed by atoms with Crippen molar-refractivity contribution in [3.05, 3.63) is 0 Å². The molecule has 0 radical (unpaired) electrons. The predicted molar refractivity (Wildman–Crippen MR) is 87.2 cm³/mol. The molecule has 1 N–H and O–H groups in total. The summed E-state index contributed by atoms with van der Waals surface area (Å²) < 4.78 is 5.81. The summed E-state index contributed by atoms with van der Waals surface area (Å²) in [6.45, 7) is 16.6. The quantitative estimate of drug-likeness (QED) is 0.658. The summed E-state index contributed by atoms with van der Waals surface area (Å²) in [4.78, 5) is 2.65. The average molecular weight is 284 g/mol. The molecule has 1 heterocycles. The maximum atomic E-state index is 5.81. The van der Waals surface area contributed by atoms with Gasteiger partial charge >= 0.3 is 0 Å². The molecule has 0 bridgehead atoms. The maximum Gasteiger partial charge on any atom is 0.0593 e. The molecule has 1 atom stereocenters. The molecule has 0 aromatic carbocycles. The van der Waals surface area contributed by atoms with E-state index in [0.717, 1.165) is 32.2 Å². The van der Waals surface area contributed by atoms with E-state index >= 15 is 0 Å². The molecule has 120 valence electrons. The van der Waals surface area contributed by atoms with E-state index in [4.69, 9.17) is 4.74 Å². The second-order valence-corrected chi connectivity index (χ2v) is 6.70. The summed E-state index contributed by atoms with van der Waals surface area (Å²) in [7, 11) is 0. The van der Waals surface area contributed by atoms with E-state index in [2.05, 4.69) is 44.8 Å². The number of nitrogens with one attached hydrogen (secondary N) is 1. The zero-order valence-corrected chi connectivity index (χ0v) is 14.4. The van der Waals surface area contributed by atoms with Crippen LogP contribution < -0.4 is 5.32 Å². The summed E-state index contributed by atoms with van der Waals surface area (Å²) in [6.07, 6.45) is 4.82. The van der Waals surface area contributed by atoms with Crippen molar-refractivity contribution in [2.24, 2.45) is 5.92 Å². The number of ether oxygens (including phenoxy) is 1. The molecule has 20 heavy (non-hydrogen) atoms. The summed E-state index contributed by atoms with van der Waals surface area (Å²) in [6, 6.07) is 0.676. The Bertz CT molecular complexity index is 251. The molecule has 1 saturated heterocycles. The predicted octanol–water partition coefficient (Wildman–Crippen LogP) is 3.29. The van der Waals surface area contributed by atoms with Gasteiger partial charge in [-0.2, -0.15) is 0 Å². The molecular formula is C17H36N2O. The van der Waals surface area contributed by atoms with E-state index in [9.17, 15) is 0 Å². The third-order valence-electron chi connectivity index (χ3n) is 4.92. The molecule has 0 saturated carbocycles. The molecule has 0 aromatic heterocycles. The standard InChI is InChI=1S/C17H36N2O/c1-6-16-13-18-17(7-2,8-3)14-19(16)10-12-20-11-9-15(4)5/h15-16,18H,6-14H2,1-5H3. The van der Waals surface area contributed by atoms with Crippen LogP contribution in [-0.2, 0) is 4.74 Å². The Hall–Kier alpha value is -0.120. The van der Waals surface area contributed by atoms with Crippen LogP contribution >= 0.6 is 0 Å². The fourth-order valence-corrected chi connectivity index (χ4v) is 3.03. The van der Waals surface area contributed by atoms with Gasteiger partial charge in [-0.1, -0.05) is 34.6 Å². The van der Waals surface area contributed by atoms with Gasteiger partial charge in [0, 0.05) is 37.8 Å². The topological polar surface area (TPSA) is 24.5 Å². The largest absolute Gasteiger partial charge is 0.380 e. The molecule has 1 fully saturated rings. The SMILES string of the molecule is CCC1CNC(CC)(CC)CN1CCOCCC(C)C. The van der Waals surface area contributed by atoms with Gasteiger partial charge in [-0.05, 0) is 31.6 Å². The molecule has 3 heteroatoms. The second-order valence-electron chi connectivity index (χ2n) is 6.70. The van der Waals surface area contributed by atoms with Gasteiger partial charge in [0.05, 0.1) is 6.61 Å². The number of piperazine rings is 1. The lowest BCUT2D eigenvalue weighted by atomic mass is 9.88. The monoisotopic (exact) mass is 284 g/mol. The fraction of sp³-hybridized carbons (Fsp3) is 1.00. The van der Waals surface area contributed by atoms with Crippen molar-refractivity contribution in [2.45, 2.75) is 71.9 Å². The van der Waals surface area contributed by atoms with Crippen molar-refractivity contribution < 1.29 is 4.74 Å². The third-order valence-corrected chi connectivity index (χ3v) is 4.92. The summed E-state index contributed by atoms with van der Waals surface area (Å²) >= 11 is 0. The molecule has 1 rings (SSSR count).